The molecular weight excluding hydrogens is 294 g/mol. The Morgan fingerprint density at radius 2 is 2.24 bits per heavy atom. The number of piperidine rings is 1. The molecule has 1 aliphatic rings. The van der Waals surface area contributed by atoms with Crippen LogP contribution in [0.2, 0.25) is 5.02 Å². The van der Waals surface area contributed by atoms with Crippen molar-refractivity contribution in [3.63, 3.8) is 0 Å². The molecule has 0 bridgehead atoms. The number of carbonyl (C=O) groups excluding carboxylic acids is 1. The Balaban J connectivity index is 2.36. The van der Waals surface area contributed by atoms with Gasteiger partial charge in [-0.3, -0.25) is 14.9 Å². The first-order valence-electron chi connectivity index (χ1n) is 6.92. The highest BCUT2D eigenvalue weighted by atomic mass is 35.5. The van der Waals surface area contributed by atoms with Crippen LogP contribution in [0, 0.1) is 10.1 Å². The van der Waals surface area contributed by atoms with Crippen LogP contribution in [0.15, 0.2) is 18.2 Å². The molecule has 1 fully saturated rings. The van der Waals surface area contributed by atoms with Crippen LogP contribution in [0.3, 0.4) is 0 Å². The maximum absolute atomic E-state index is 12.7. The van der Waals surface area contributed by atoms with Crippen molar-refractivity contribution in [2.45, 2.75) is 38.3 Å². The Bertz CT molecular complexity index is 562. The van der Waals surface area contributed by atoms with Crippen LogP contribution in [0.25, 0.3) is 0 Å². The quantitative estimate of drug-likeness (QED) is 0.686. The lowest BCUT2D eigenvalue weighted by Gasteiger charge is -2.38. The topological polar surface area (TPSA) is 89.5 Å². The number of benzene rings is 1. The van der Waals surface area contributed by atoms with Crippen molar-refractivity contribution in [3.05, 3.63) is 38.9 Å². The number of rotatable bonds is 3. The van der Waals surface area contributed by atoms with Gasteiger partial charge in [0.15, 0.2) is 0 Å². The smallest absolute Gasteiger partial charge is 0.283 e. The molecular formula is C14H18ClN3O3. The summed E-state index contributed by atoms with van der Waals surface area (Å²) in [4.78, 5) is 24.9. The minimum Gasteiger partial charge on any atom is -0.334 e. The number of amides is 1. The number of hydrogen-bond acceptors (Lipinski definition) is 4. The van der Waals surface area contributed by atoms with E-state index in [9.17, 15) is 14.9 Å². The van der Waals surface area contributed by atoms with Crippen molar-refractivity contribution >= 4 is 23.2 Å². The minimum atomic E-state index is -0.579. The molecule has 0 aromatic heterocycles. The Hall–Kier alpha value is -1.66. The normalized spacial score (nSPS) is 20.1. The van der Waals surface area contributed by atoms with E-state index in [4.69, 9.17) is 17.3 Å². The number of nitrogens with zero attached hydrogens (tertiary/aromatic N) is 2. The van der Waals surface area contributed by atoms with Gasteiger partial charge in [-0.25, -0.2) is 0 Å². The molecule has 2 rings (SSSR count). The van der Waals surface area contributed by atoms with Crippen LogP contribution in [0.1, 0.15) is 36.5 Å². The molecule has 114 valence electrons. The van der Waals surface area contributed by atoms with Gasteiger partial charge in [-0.2, -0.15) is 0 Å². The Morgan fingerprint density at radius 3 is 2.86 bits per heavy atom. The molecule has 1 aromatic carbocycles. The SMILES string of the molecule is CC(N)C1CCCCN1C(=O)c1ccc(Cl)cc1[N+](=O)[O-]. The average Bonchev–Trinajstić information content (AvgIpc) is 2.46. The summed E-state index contributed by atoms with van der Waals surface area (Å²) in [7, 11) is 0. The first kappa shape index (κ1) is 15.7. The van der Waals surface area contributed by atoms with E-state index in [1.165, 1.54) is 18.2 Å². The van der Waals surface area contributed by atoms with Gasteiger partial charge in [0.25, 0.3) is 11.6 Å². The molecule has 1 aliphatic heterocycles. The van der Waals surface area contributed by atoms with Crippen LogP contribution in [0.4, 0.5) is 5.69 Å². The zero-order valence-corrected chi connectivity index (χ0v) is 12.5. The molecule has 1 saturated heterocycles. The second-order valence-electron chi connectivity index (χ2n) is 5.34. The fourth-order valence-corrected chi connectivity index (χ4v) is 2.91. The summed E-state index contributed by atoms with van der Waals surface area (Å²) in [5.41, 5.74) is 5.75. The summed E-state index contributed by atoms with van der Waals surface area (Å²) in [6.45, 7) is 2.43. The number of likely N-dealkylation sites (tertiary alicyclic amines) is 1. The van der Waals surface area contributed by atoms with Gasteiger partial charge in [-0.1, -0.05) is 11.6 Å². The maximum Gasteiger partial charge on any atom is 0.283 e. The number of hydrogen-bond donors (Lipinski definition) is 1. The lowest BCUT2D eigenvalue weighted by molar-refractivity contribution is -0.385. The Morgan fingerprint density at radius 1 is 1.52 bits per heavy atom. The third-order valence-electron chi connectivity index (χ3n) is 3.80. The van der Waals surface area contributed by atoms with Gasteiger partial charge >= 0.3 is 0 Å². The predicted molar refractivity (Wildman–Crippen MR) is 80.4 cm³/mol. The van der Waals surface area contributed by atoms with E-state index in [1.54, 1.807) is 4.90 Å². The number of nitro benzene ring substituents is 1. The zero-order chi connectivity index (χ0) is 15.6. The summed E-state index contributed by atoms with van der Waals surface area (Å²) in [5.74, 6) is -0.347. The fourth-order valence-electron chi connectivity index (χ4n) is 2.75. The van der Waals surface area contributed by atoms with Crippen molar-refractivity contribution in [3.8, 4) is 0 Å². The van der Waals surface area contributed by atoms with Crippen LogP contribution in [0.5, 0.6) is 0 Å². The average molecular weight is 312 g/mol. The first-order chi connectivity index (χ1) is 9.91. The van der Waals surface area contributed by atoms with Gasteiger partial charge in [-0.15, -0.1) is 0 Å². The number of nitro groups is 1. The predicted octanol–water partition coefficient (Wildman–Crippen LogP) is 2.59. The van der Waals surface area contributed by atoms with E-state index in [0.717, 1.165) is 19.3 Å². The van der Waals surface area contributed by atoms with Gasteiger partial charge in [0.05, 0.1) is 4.92 Å². The van der Waals surface area contributed by atoms with E-state index < -0.39 is 4.92 Å². The van der Waals surface area contributed by atoms with E-state index in [1.807, 2.05) is 6.92 Å². The molecule has 2 unspecified atom stereocenters. The molecule has 21 heavy (non-hydrogen) atoms. The highest BCUT2D eigenvalue weighted by Crippen LogP contribution is 2.27. The van der Waals surface area contributed by atoms with Gasteiger partial charge < -0.3 is 10.6 Å². The second-order valence-corrected chi connectivity index (χ2v) is 5.78. The lowest BCUT2D eigenvalue weighted by atomic mass is 9.96. The minimum absolute atomic E-state index is 0.0666. The fraction of sp³-hybridized carbons (Fsp3) is 0.500. The third-order valence-corrected chi connectivity index (χ3v) is 4.04. The summed E-state index contributed by atoms with van der Waals surface area (Å²) in [6.07, 6.45) is 2.72. The summed E-state index contributed by atoms with van der Waals surface area (Å²) >= 11 is 5.78. The summed E-state index contributed by atoms with van der Waals surface area (Å²) < 4.78 is 0. The van der Waals surface area contributed by atoms with E-state index in [0.29, 0.717) is 6.54 Å². The number of carbonyl (C=O) groups is 1. The molecule has 1 aromatic rings. The second kappa shape index (κ2) is 6.41. The number of nitrogens with two attached hydrogens (primary N) is 1. The van der Waals surface area contributed by atoms with Gasteiger partial charge in [0.2, 0.25) is 0 Å². The summed E-state index contributed by atoms with van der Waals surface area (Å²) in [6, 6.07) is 3.86. The van der Waals surface area contributed by atoms with Crippen LogP contribution in [-0.4, -0.2) is 34.4 Å². The molecule has 7 heteroatoms. The van der Waals surface area contributed by atoms with Gasteiger partial charge in [0.1, 0.15) is 5.56 Å². The van der Waals surface area contributed by atoms with Crippen molar-refractivity contribution in [1.29, 1.82) is 0 Å². The van der Waals surface area contributed by atoms with Crippen molar-refractivity contribution in [2.75, 3.05) is 6.54 Å². The molecule has 0 spiro atoms. The third kappa shape index (κ3) is 3.33. The molecule has 2 N–H and O–H groups in total. The number of halogens is 1. The largest absolute Gasteiger partial charge is 0.334 e. The van der Waals surface area contributed by atoms with Crippen LogP contribution < -0.4 is 5.73 Å². The van der Waals surface area contributed by atoms with Crippen molar-refractivity contribution < 1.29 is 9.72 Å². The van der Waals surface area contributed by atoms with Gasteiger partial charge in [0, 0.05) is 29.7 Å². The Kier molecular flexibility index (Phi) is 4.80. The molecule has 6 nitrogen and oxygen atoms in total. The summed E-state index contributed by atoms with van der Waals surface area (Å²) in [5, 5.41) is 11.4. The molecule has 0 saturated carbocycles. The van der Waals surface area contributed by atoms with Crippen molar-refractivity contribution in [1.82, 2.24) is 4.90 Å². The molecule has 1 heterocycles. The van der Waals surface area contributed by atoms with Crippen LogP contribution in [-0.2, 0) is 0 Å². The highest BCUT2D eigenvalue weighted by molar-refractivity contribution is 6.31. The van der Waals surface area contributed by atoms with Crippen molar-refractivity contribution in [2.24, 2.45) is 5.73 Å². The van der Waals surface area contributed by atoms with Crippen LogP contribution >= 0.6 is 11.6 Å². The van der Waals surface area contributed by atoms with E-state index in [2.05, 4.69) is 0 Å². The first-order valence-corrected chi connectivity index (χ1v) is 7.30. The zero-order valence-electron chi connectivity index (χ0n) is 11.8. The van der Waals surface area contributed by atoms with Gasteiger partial charge in [-0.05, 0) is 38.3 Å². The molecule has 1 amide bonds. The molecule has 0 aliphatic carbocycles. The monoisotopic (exact) mass is 311 g/mol. The maximum atomic E-state index is 12.7. The van der Waals surface area contributed by atoms with E-state index in [-0.39, 0.29) is 34.3 Å². The highest BCUT2D eigenvalue weighted by Gasteiger charge is 2.33. The standard InChI is InChI=1S/C14H18ClN3O3/c1-9(16)12-4-2-3-7-17(12)14(19)11-6-5-10(15)8-13(11)18(20)21/h5-6,8-9,12H,2-4,7,16H2,1H3. The Labute approximate surface area is 128 Å². The molecule has 2 atom stereocenters. The molecule has 0 radical (unpaired) electrons. The van der Waals surface area contributed by atoms with E-state index >= 15 is 0 Å². The lowest BCUT2D eigenvalue weighted by Crippen LogP contribution is -2.51.